The Bertz CT molecular complexity index is 933. The summed E-state index contributed by atoms with van der Waals surface area (Å²) in [7, 11) is 2.98. The van der Waals surface area contributed by atoms with E-state index in [4.69, 9.17) is 18.9 Å². The van der Waals surface area contributed by atoms with Gasteiger partial charge in [0.25, 0.3) is 5.91 Å². The van der Waals surface area contributed by atoms with E-state index >= 15 is 0 Å². The molecule has 9 heteroatoms. The van der Waals surface area contributed by atoms with Gasteiger partial charge in [0.2, 0.25) is 0 Å². The molecule has 0 unspecified atom stereocenters. The van der Waals surface area contributed by atoms with Gasteiger partial charge in [0.05, 0.1) is 20.8 Å². The largest absolute Gasteiger partial charge is 0.503 e. The van der Waals surface area contributed by atoms with Gasteiger partial charge in [0, 0.05) is 24.8 Å². The minimum atomic E-state index is -0.958. The molecule has 0 spiro atoms. The number of carbonyl (C=O) groups is 2. The van der Waals surface area contributed by atoms with Crippen LogP contribution in [0, 0.1) is 5.92 Å². The van der Waals surface area contributed by atoms with Gasteiger partial charge >= 0.3 is 5.97 Å². The van der Waals surface area contributed by atoms with E-state index in [2.05, 4.69) is 10.3 Å². The smallest absolute Gasteiger partial charge is 0.328 e. The number of ether oxygens (including phenoxy) is 4. The fraction of sp³-hybridized carbons (Fsp3) is 0.480. The van der Waals surface area contributed by atoms with Gasteiger partial charge in [-0.2, -0.15) is 0 Å². The average molecular weight is 475 g/mol. The molecule has 2 N–H and O–H groups in total. The molecule has 0 aliphatic rings. The van der Waals surface area contributed by atoms with Crippen LogP contribution in [0.5, 0.6) is 17.2 Å². The first-order valence-corrected chi connectivity index (χ1v) is 11.2. The van der Waals surface area contributed by atoms with E-state index in [1.54, 1.807) is 7.11 Å². The number of hydrogen-bond acceptors (Lipinski definition) is 8. The number of aromatic hydroxyl groups is 1. The first-order valence-electron chi connectivity index (χ1n) is 11.2. The van der Waals surface area contributed by atoms with Gasteiger partial charge < -0.3 is 29.4 Å². The van der Waals surface area contributed by atoms with Crippen LogP contribution in [-0.2, 0) is 20.7 Å². The second kappa shape index (κ2) is 13.4. The normalized spacial score (nSPS) is 13.4. The van der Waals surface area contributed by atoms with Crippen LogP contribution in [-0.4, -0.2) is 61.5 Å². The molecule has 34 heavy (non-hydrogen) atoms. The van der Waals surface area contributed by atoms with Gasteiger partial charge in [-0.1, -0.05) is 19.1 Å². The van der Waals surface area contributed by atoms with Crippen LogP contribution in [0.2, 0.25) is 0 Å². The van der Waals surface area contributed by atoms with Crippen molar-refractivity contribution >= 4 is 11.9 Å². The lowest BCUT2D eigenvalue weighted by atomic mass is 9.95. The summed E-state index contributed by atoms with van der Waals surface area (Å²) in [5, 5.41) is 12.6. The predicted octanol–water partition coefficient (Wildman–Crippen LogP) is 3.14. The lowest BCUT2D eigenvalue weighted by molar-refractivity contribution is -0.153. The number of carbonyl (C=O) groups excluding carboxylic acids is 2. The molecule has 186 valence electrons. The Balaban J connectivity index is 2.02. The van der Waals surface area contributed by atoms with Crippen LogP contribution in [0.4, 0.5) is 0 Å². The molecule has 2 rings (SSSR count). The van der Waals surface area contributed by atoms with Crippen LogP contribution in [0.3, 0.4) is 0 Å². The van der Waals surface area contributed by atoms with Crippen LogP contribution >= 0.6 is 0 Å². The van der Waals surface area contributed by atoms with Crippen molar-refractivity contribution in [1.82, 2.24) is 10.3 Å². The third-order valence-electron chi connectivity index (χ3n) is 5.33. The fourth-order valence-electron chi connectivity index (χ4n) is 3.28. The van der Waals surface area contributed by atoms with Crippen molar-refractivity contribution in [2.75, 3.05) is 27.4 Å². The van der Waals surface area contributed by atoms with E-state index in [1.807, 2.05) is 38.1 Å². The van der Waals surface area contributed by atoms with Crippen molar-refractivity contribution in [3.8, 4) is 17.2 Å². The maximum Gasteiger partial charge on any atom is 0.328 e. The van der Waals surface area contributed by atoms with Gasteiger partial charge in [-0.3, -0.25) is 4.79 Å². The van der Waals surface area contributed by atoms with E-state index < -0.39 is 29.8 Å². The van der Waals surface area contributed by atoms with Gasteiger partial charge in [0.1, 0.15) is 17.9 Å². The van der Waals surface area contributed by atoms with Crippen molar-refractivity contribution in [1.29, 1.82) is 0 Å². The molecule has 0 radical (unpaired) electrons. The number of aromatic nitrogens is 1. The molecule has 0 aliphatic carbocycles. The van der Waals surface area contributed by atoms with Gasteiger partial charge in [0.15, 0.2) is 17.2 Å². The fourth-order valence-corrected chi connectivity index (χ4v) is 3.28. The van der Waals surface area contributed by atoms with Crippen LogP contribution < -0.4 is 14.8 Å². The highest BCUT2D eigenvalue weighted by Crippen LogP contribution is 2.27. The summed E-state index contributed by atoms with van der Waals surface area (Å²) in [6.07, 6.45) is 2.40. The molecule has 3 atom stereocenters. The molecule has 0 bridgehead atoms. The number of methoxy groups -OCH3 is 2. The summed E-state index contributed by atoms with van der Waals surface area (Å²) in [4.78, 5) is 29.1. The van der Waals surface area contributed by atoms with Gasteiger partial charge in [-0.25, -0.2) is 9.78 Å². The van der Waals surface area contributed by atoms with E-state index in [-0.39, 0.29) is 17.4 Å². The molecule has 0 aliphatic heterocycles. The van der Waals surface area contributed by atoms with Crippen molar-refractivity contribution < 1.29 is 33.6 Å². The molecule has 1 amide bonds. The molecule has 0 saturated heterocycles. The van der Waals surface area contributed by atoms with Crippen LogP contribution in [0.15, 0.2) is 36.5 Å². The summed E-state index contributed by atoms with van der Waals surface area (Å²) >= 11 is 0. The number of benzene rings is 1. The number of amides is 1. The SMILES string of the molecule is CCCOC[C@@H](Cc1ccc(OC)cc1)[C@H](C)OC(=O)[C@H](C)NC(=O)c1nccc(OC)c1O. The van der Waals surface area contributed by atoms with Crippen molar-refractivity contribution in [2.45, 2.75) is 45.8 Å². The van der Waals surface area contributed by atoms with Crippen molar-refractivity contribution in [3.05, 3.63) is 47.8 Å². The number of nitrogens with zero attached hydrogens (tertiary/aromatic N) is 1. The Morgan fingerprint density at radius 1 is 1.09 bits per heavy atom. The Hall–Kier alpha value is -3.33. The van der Waals surface area contributed by atoms with E-state index in [1.165, 1.54) is 26.3 Å². The molecule has 1 heterocycles. The second-order valence-electron chi connectivity index (χ2n) is 7.93. The number of esters is 1. The zero-order chi connectivity index (χ0) is 25.1. The summed E-state index contributed by atoms with van der Waals surface area (Å²) in [6, 6.07) is 8.17. The van der Waals surface area contributed by atoms with E-state index in [9.17, 15) is 14.7 Å². The van der Waals surface area contributed by atoms with Crippen molar-refractivity contribution in [3.63, 3.8) is 0 Å². The first kappa shape index (κ1) is 26.9. The molecule has 0 fully saturated rings. The standard InChI is InChI=1S/C25H34N2O7/c1-6-13-33-15-19(14-18-7-9-20(31-4)10-8-18)17(3)34-25(30)16(2)27-24(29)22-23(28)21(32-5)11-12-26-22/h7-12,16-17,19,28H,6,13-15H2,1-5H3,(H,27,29)/t16-,17-,19+/m0/s1. The molecule has 2 aromatic rings. The Labute approximate surface area is 200 Å². The zero-order valence-electron chi connectivity index (χ0n) is 20.4. The summed E-state index contributed by atoms with van der Waals surface area (Å²) in [6.45, 7) is 6.39. The highest BCUT2D eigenvalue weighted by atomic mass is 16.5. The molecular formula is C25H34N2O7. The Morgan fingerprint density at radius 2 is 1.79 bits per heavy atom. The molecular weight excluding hydrogens is 440 g/mol. The molecule has 1 aromatic carbocycles. The average Bonchev–Trinajstić information content (AvgIpc) is 2.83. The van der Waals surface area contributed by atoms with E-state index in [0.29, 0.717) is 19.6 Å². The molecule has 9 nitrogen and oxygen atoms in total. The molecule has 0 saturated carbocycles. The monoisotopic (exact) mass is 474 g/mol. The lowest BCUT2D eigenvalue weighted by Gasteiger charge is -2.26. The maximum atomic E-state index is 12.7. The quantitative estimate of drug-likeness (QED) is 0.336. The second-order valence-corrected chi connectivity index (χ2v) is 7.93. The molecule has 1 aromatic heterocycles. The van der Waals surface area contributed by atoms with Gasteiger partial charge in [-0.15, -0.1) is 0 Å². The minimum Gasteiger partial charge on any atom is -0.503 e. The minimum absolute atomic E-state index is 0.0871. The maximum absolute atomic E-state index is 12.7. The number of nitrogens with one attached hydrogen (secondary N) is 1. The Kier molecular flexibility index (Phi) is 10.6. The number of pyridine rings is 1. The third kappa shape index (κ3) is 7.62. The van der Waals surface area contributed by atoms with Gasteiger partial charge in [-0.05, 0) is 44.4 Å². The lowest BCUT2D eigenvalue weighted by Crippen LogP contribution is -2.42. The number of hydrogen-bond donors (Lipinski definition) is 2. The van der Waals surface area contributed by atoms with Crippen molar-refractivity contribution in [2.24, 2.45) is 5.92 Å². The van der Waals surface area contributed by atoms with Crippen LogP contribution in [0.1, 0.15) is 43.2 Å². The number of rotatable bonds is 13. The summed E-state index contributed by atoms with van der Waals surface area (Å²) in [5.74, 6) is -0.923. The predicted molar refractivity (Wildman–Crippen MR) is 126 cm³/mol. The van der Waals surface area contributed by atoms with Crippen LogP contribution in [0.25, 0.3) is 0 Å². The Morgan fingerprint density at radius 3 is 2.41 bits per heavy atom. The zero-order valence-corrected chi connectivity index (χ0v) is 20.4. The third-order valence-corrected chi connectivity index (χ3v) is 5.33. The topological polar surface area (TPSA) is 116 Å². The highest BCUT2D eigenvalue weighted by Gasteiger charge is 2.27. The van der Waals surface area contributed by atoms with E-state index in [0.717, 1.165) is 17.7 Å². The summed E-state index contributed by atoms with van der Waals surface area (Å²) in [5.41, 5.74) is 0.826. The highest BCUT2D eigenvalue weighted by molar-refractivity contribution is 5.97. The first-order chi connectivity index (χ1) is 16.3. The summed E-state index contributed by atoms with van der Waals surface area (Å²) < 4.78 is 21.6.